The van der Waals surface area contributed by atoms with E-state index < -0.39 is 0 Å². The number of ketones is 1. The van der Waals surface area contributed by atoms with E-state index in [1.54, 1.807) is 34.1 Å². The molecule has 0 spiro atoms. The first-order chi connectivity index (χ1) is 11.9. The summed E-state index contributed by atoms with van der Waals surface area (Å²) >= 11 is 0. The summed E-state index contributed by atoms with van der Waals surface area (Å²) in [6, 6.07) is 8.67. The number of benzene rings is 1. The Kier molecular flexibility index (Phi) is 5.90. The van der Waals surface area contributed by atoms with E-state index in [2.05, 4.69) is 5.32 Å². The van der Waals surface area contributed by atoms with Crippen molar-refractivity contribution in [3.8, 4) is 6.07 Å². The van der Waals surface area contributed by atoms with Gasteiger partial charge in [-0.25, -0.2) is 0 Å². The van der Waals surface area contributed by atoms with Crippen LogP contribution in [0, 0.1) is 11.3 Å². The monoisotopic (exact) mass is 340 g/mol. The summed E-state index contributed by atoms with van der Waals surface area (Å²) in [6.45, 7) is 4.74. The maximum Gasteiger partial charge on any atom is 0.266 e. The zero-order chi connectivity index (χ0) is 18.4. The molecule has 130 valence electrons. The average molecular weight is 340 g/mol. The molecule has 7 heteroatoms. The van der Waals surface area contributed by atoms with Crippen LogP contribution in [0.2, 0.25) is 0 Å². The number of Topliss-reactive ketones (excluding diaryl/α,β-unsaturated/α-hetero) is 1. The van der Waals surface area contributed by atoms with Gasteiger partial charge in [-0.05, 0) is 31.2 Å². The highest BCUT2D eigenvalue weighted by molar-refractivity contribution is 5.98. The molecule has 0 atom stereocenters. The second-order valence-corrected chi connectivity index (χ2v) is 5.75. The summed E-state index contributed by atoms with van der Waals surface area (Å²) in [5.74, 6) is -0.405. The lowest BCUT2D eigenvalue weighted by molar-refractivity contribution is -0.136. The molecule has 0 unspecified atom stereocenters. The predicted molar refractivity (Wildman–Crippen MR) is 92.6 cm³/mol. The maximum absolute atomic E-state index is 12.4. The highest BCUT2D eigenvalue weighted by Gasteiger charge is 2.24. The number of nitrogens with zero attached hydrogens (tertiary/aromatic N) is 3. The van der Waals surface area contributed by atoms with Crippen LogP contribution in [0.1, 0.15) is 24.2 Å². The minimum Gasteiger partial charge on any atom is -0.360 e. The fraction of sp³-hybridized carbons (Fsp3) is 0.333. The molecule has 1 aliphatic heterocycles. The van der Waals surface area contributed by atoms with E-state index in [1.165, 1.54) is 20.0 Å². The van der Waals surface area contributed by atoms with Crippen molar-refractivity contribution in [1.29, 1.82) is 5.26 Å². The summed E-state index contributed by atoms with van der Waals surface area (Å²) in [5, 5.41) is 12.1. The number of piperazine rings is 1. The van der Waals surface area contributed by atoms with Crippen LogP contribution >= 0.6 is 0 Å². The lowest BCUT2D eigenvalue weighted by Gasteiger charge is -2.34. The second-order valence-electron chi connectivity index (χ2n) is 5.75. The molecule has 25 heavy (non-hydrogen) atoms. The number of carbonyl (C=O) groups is 3. The molecule has 0 saturated carbocycles. The molecular weight excluding hydrogens is 320 g/mol. The van der Waals surface area contributed by atoms with Crippen LogP contribution in [0.5, 0.6) is 0 Å². The van der Waals surface area contributed by atoms with Gasteiger partial charge in [0, 0.05) is 50.6 Å². The van der Waals surface area contributed by atoms with Crippen LogP contribution in [0.3, 0.4) is 0 Å². The zero-order valence-electron chi connectivity index (χ0n) is 14.3. The van der Waals surface area contributed by atoms with Gasteiger partial charge in [0.15, 0.2) is 5.78 Å². The van der Waals surface area contributed by atoms with Gasteiger partial charge < -0.3 is 15.1 Å². The molecule has 0 aromatic heterocycles. The molecule has 7 nitrogen and oxygen atoms in total. The number of carbonyl (C=O) groups excluding carboxylic acids is 3. The van der Waals surface area contributed by atoms with E-state index in [4.69, 9.17) is 0 Å². The quantitative estimate of drug-likeness (QED) is 0.508. The van der Waals surface area contributed by atoms with Crippen LogP contribution in [0.25, 0.3) is 0 Å². The molecule has 2 amide bonds. The second kappa shape index (κ2) is 8.11. The van der Waals surface area contributed by atoms with Gasteiger partial charge in [0.25, 0.3) is 5.91 Å². The molecule has 2 rings (SSSR count). The number of nitriles is 1. The van der Waals surface area contributed by atoms with Crippen molar-refractivity contribution in [3.05, 3.63) is 41.6 Å². The summed E-state index contributed by atoms with van der Waals surface area (Å²) in [4.78, 5) is 38.2. The van der Waals surface area contributed by atoms with Crippen molar-refractivity contribution < 1.29 is 14.4 Å². The van der Waals surface area contributed by atoms with Gasteiger partial charge >= 0.3 is 0 Å². The van der Waals surface area contributed by atoms with Gasteiger partial charge in [0.05, 0.1) is 0 Å². The van der Waals surface area contributed by atoms with E-state index in [0.29, 0.717) is 37.4 Å². The first kappa shape index (κ1) is 18.2. The zero-order valence-corrected chi connectivity index (χ0v) is 14.3. The van der Waals surface area contributed by atoms with Gasteiger partial charge in [-0.15, -0.1) is 0 Å². The minimum atomic E-state index is -0.362. The number of amides is 2. The van der Waals surface area contributed by atoms with Gasteiger partial charge in [0.1, 0.15) is 11.6 Å². The molecule has 0 aliphatic carbocycles. The molecule has 1 saturated heterocycles. The number of nitrogens with one attached hydrogen (secondary N) is 1. The summed E-state index contributed by atoms with van der Waals surface area (Å²) in [6.07, 6.45) is 1.36. The number of rotatable bonds is 4. The molecule has 1 aliphatic rings. The molecule has 1 aromatic carbocycles. The fourth-order valence-corrected chi connectivity index (χ4v) is 2.49. The summed E-state index contributed by atoms with van der Waals surface area (Å²) in [5.41, 5.74) is 1.26. The topological polar surface area (TPSA) is 93.5 Å². The van der Waals surface area contributed by atoms with E-state index in [0.717, 1.165) is 0 Å². The van der Waals surface area contributed by atoms with Crippen molar-refractivity contribution >= 4 is 23.3 Å². The molecule has 1 aromatic rings. The lowest BCUT2D eigenvalue weighted by Crippen LogP contribution is -2.50. The SMILES string of the molecule is CC(=O)c1ccc(N/C=C(/C#N)C(=O)N2CCN(C(C)=O)CC2)cc1. The highest BCUT2D eigenvalue weighted by Crippen LogP contribution is 2.12. The van der Waals surface area contributed by atoms with Gasteiger partial charge in [0.2, 0.25) is 5.91 Å². The lowest BCUT2D eigenvalue weighted by atomic mass is 10.1. The molecule has 0 radical (unpaired) electrons. The van der Waals surface area contributed by atoms with E-state index in [9.17, 15) is 19.6 Å². The molecule has 1 fully saturated rings. The normalized spacial score (nSPS) is 14.7. The van der Waals surface area contributed by atoms with Crippen LogP contribution in [-0.4, -0.2) is 53.6 Å². The minimum absolute atomic E-state index is 0.00748. The Bertz CT molecular complexity index is 739. The van der Waals surface area contributed by atoms with Crippen molar-refractivity contribution in [2.75, 3.05) is 31.5 Å². The first-order valence-corrected chi connectivity index (χ1v) is 7.95. The molecule has 1 N–H and O–H groups in total. The third kappa shape index (κ3) is 4.67. The first-order valence-electron chi connectivity index (χ1n) is 7.95. The van der Waals surface area contributed by atoms with Gasteiger partial charge in [-0.3, -0.25) is 14.4 Å². The standard InChI is InChI=1S/C18H20N4O3/c1-13(23)15-3-5-17(6-4-15)20-12-16(11-19)18(25)22-9-7-21(8-10-22)14(2)24/h3-6,12,20H,7-10H2,1-2H3/b16-12-. The van der Waals surface area contributed by atoms with Crippen LogP contribution < -0.4 is 5.32 Å². The smallest absolute Gasteiger partial charge is 0.266 e. The Balaban J connectivity index is 2.00. The Morgan fingerprint density at radius 1 is 1.04 bits per heavy atom. The Labute approximate surface area is 146 Å². The maximum atomic E-state index is 12.4. The Morgan fingerprint density at radius 3 is 2.08 bits per heavy atom. The fourth-order valence-electron chi connectivity index (χ4n) is 2.49. The number of anilines is 1. The third-order valence-corrected chi connectivity index (χ3v) is 4.04. The third-order valence-electron chi connectivity index (χ3n) is 4.04. The predicted octanol–water partition coefficient (Wildman–Crippen LogP) is 1.40. The largest absolute Gasteiger partial charge is 0.360 e. The average Bonchev–Trinajstić information content (AvgIpc) is 2.62. The van der Waals surface area contributed by atoms with Gasteiger partial charge in [-0.2, -0.15) is 5.26 Å². The number of hydrogen-bond donors (Lipinski definition) is 1. The molecular formula is C18H20N4O3. The van der Waals surface area contributed by atoms with Crippen molar-refractivity contribution in [3.63, 3.8) is 0 Å². The summed E-state index contributed by atoms with van der Waals surface area (Å²) in [7, 11) is 0. The van der Waals surface area contributed by atoms with E-state index in [-0.39, 0.29) is 23.2 Å². The Morgan fingerprint density at radius 2 is 1.60 bits per heavy atom. The molecule has 0 bridgehead atoms. The van der Waals surface area contributed by atoms with Crippen LogP contribution in [0.15, 0.2) is 36.0 Å². The van der Waals surface area contributed by atoms with E-state index >= 15 is 0 Å². The number of hydrogen-bond acceptors (Lipinski definition) is 5. The van der Waals surface area contributed by atoms with Crippen molar-refractivity contribution in [2.45, 2.75) is 13.8 Å². The van der Waals surface area contributed by atoms with Crippen LogP contribution in [-0.2, 0) is 9.59 Å². The van der Waals surface area contributed by atoms with Crippen molar-refractivity contribution in [2.24, 2.45) is 0 Å². The highest BCUT2D eigenvalue weighted by atomic mass is 16.2. The van der Waals surface area contributed by atoms with E-state index in [1.807, 2.05) is 6.07 Å². The van der Waals surface area contributed by atoms with Gasteiger partial charge in [-0.1, -0.05) is 0 Å². The van der Waals surface area contributed by atoms with Crippen LogP contribution in [0.4, 0.5) is 5.69 Å². The summed E-state index contributed by atoms with van der Waals surface area (Å²) < 4.78 is 0. The van der Waals surface area contributed by atoms with Crippen molar-refractivity contribution in [1.82, 2.24) is 9.80 Å². The Hall–Kier alpha value is -3.14. The molecule has 1 heterocycles.